The van der Waals surface area contributed by atoms with Gasteiger partial charge in [-0.25, -0.2) is 0 Å². The van der Waals surface area contributed by atoms with Crippen LogP contribution in [0, 0.1) is 5.92 Å². The fourth-order valence-electron chi connectivity index (χ4n) is 4.67. The summed E-state index contributed by atoms with van der Waals surface area (Å²) < 4.78 is 12.4. The van der Waals surface area contributed by atoms with E-state index in [4.69, 9.17) is 15.2 Å². The molecule has 172 valence electrons. The zero-order valence-corrected chi connectivity index (χ0v) is 19.0. The van der Waals surface area contributed by atoms with Crippen molar-refractivity contribution in [1.29, 1.82) is 0 Å². The van der Waals surface area contributed by atoms with Gasteiger partial charge in [0.05, 0.1) is 26.3 Å². The number of fused-ring (bicyclic) bond motifs is 1. The summed E-state index contributed by atoms with van der Waals surface area (Å²) in [6.45, 7) is 3.08. The van der Waals surface area contributed by atoms with Crippen molar-refractivity contribution in [2.24, 2.45) is 13.0 Å². The molecule has 0 atom stereocenters. The first-order valence-corrected chi connectivity index (χ1v) is 11.0. The number of likely N-dealkylation sites (tertiary alicyclic amines) is 1. The van der Waals surface area contributed by atoms with Crippen molar-refractivity contribution in [2.45, 2.75) is 25.8 Å². The lowest BCUT2D eigenvalue weighted by Gasteiger charge is -2.34. The summed E-state index contributed by atoms with van der Waals surface area (Å²) in [5.41, 5.74) is 8.75. The molecule has 9 nitrogen and oxygen atoms in total. The third-order valence-electron chi connectivity index (χ3n) is 6.50. The van der Waals surface area contributed by atoms with Gasteiger partial charge in [-0.3, -0.25) is 19.2 Å². The Balaban J connectivity index is 1.32. The van der Waals surface area contributed by atoms with E-state index in [1.54, 1.807) is 32.1 Å². The van der Waals surface area contributed by atoms with Crippen molar-refractivity contribution >= 4 is 17.5 Å². The molecule has 1 amide bonds. The number of amides is 1. The second kappa shape index (κ2) is 9.20. The standard InChI is InChI=1S/C23H31N5O4/c1-26-13-18(23(24)25-26)22(30)15-5-8-28(9-6-15)21(29)14-27-7-4-16-10-19(31-2)20(32-3)11-17(16)12-27/h10-11,13,15H,4-9,12,14H2,1-3H3,(H2,24,25). The van der Waals surface area contributed by atoms with Crippen molar-refractivity contribution in [1.82, 2.24) is 19.6 Å². The fourth-order valence-corrected chi connectivity index (χ4v) is 4.67. The molecule has 9 heteroatoms. The van der Waals surface area contributed by atoms with E-state index in [-0.39, 0.29) is 23.4 Å². The lowest BCUT2D eigenvalue weighted by Crippen LogP contribution is -2.46. The number of carbonyl (C=O) groups is 2. The molecule has 1 aromatic heterocycles. The van der Waals surface area contributed by atoms with E-state index in [0.717, 1.165) is 18.7 Å². The van der Waals surface area contributed by atoms with Crippen LogP contribution in [0.1, 0.15) is 34.3 Å². The molecule has 1 aromatic carbocycles. The molecule has 0 bridgehead atoms. The number of aromatic nitrogens is 2. The molecule has 3 heterocycles. The molecule has 0 aliphatic carbocycles. The molecule has 4 rings (SSSR count). The summed E-state index contributed by atoms with van der Waals surface area (Å²) in [4.78, 5) is 29.8. The summed E-state index contributed by atoms with van der Waals surface area (Å²) in [5, 5.41) is 4.06. The number of methoxy groups -OCH3 is 2. The largest absolute Gasteiger partial charge is 0.493 e. The first-order valence-electron chi connectivity index (χ1n) is 11.0. The van der Waals surface area contributed by atoms with E-state index in [1.165, 1.54) is 11.1 Å². The number of piperidine rings is 1. The van der Waals surface area contributed by atoms with Gasteiger partial charge in [0.25, 0.3) is 0 Å². The summed E-state index contributed by atoms with van der Waals surface area (Å²) in [5.74, 6) is 1.74. The highest BCUT2D eigenvalue weighted by Gasteiger charge is 2.31. The number of anilines is 1. The predicted molar refractivity (Wildman–Crippen MR) is 120 cm³/mol. The maximum Gasteiger partial charge on any atom is 0.236 e. The number of hydrogen-bond acceptors (Lipinski definition) is 7. The molecule has 32 heavy (non-hydrogen) atoms. The number of ketones is 1. The van der Waals surface area contributed by atoms with E-state index in [1.807, 2.05) is 17.0 Å². The number of benzene rings is 1. The number of nitrogen functional groups attached to an aromatic ring is 1. The van der Waals surface area contributed by atoms with Gasteiger partial charge in [-0.05, 0) is 42.5 Å². The van der Waals surface area contributed by atoms with Gasteiger partial charge in [0, 0.05) is 45.3 Å². The van der Waals surface area contributed by atoms with E-state index < -0.39 is 0 Å². The minimum Gasteiger partial charge on any atom is -0.493 e. The Morgan fingerprint density at radius 3 is 2.34 bits per heavy atom. The van der Waals surface area contributed by atoms with Crippen LogP contribution in [0.2, 0.25) is 0 Å². The zero-order chi connectivity index (χ0) is 22.8. The number of hydrogen-bond donors (Lipinski definition) is 1. The molecule has 2 aliphatic heterocycles. The fraction of sp³-hybridized carbons (Fsp3) is 0.522. The van der Waals surface area contributed by atoms with Crippen LogP contribution in [0.25, 0.3) is 0 Å². The predicted octanol–water partition coefficient (Wildman–Crippen LogP) is 1.50. The van der Waals surface area contributed by atoms with Crippen LogP contribution in [0.15, 0.2) is 18.3 Å². The van der Waals surface area contributed by atoms with Gasteiger partial charge < -0.3 is 20.1 Å². The van der Waals surface area contributed by atoms with Gasteiger partial charge in [-0.1, -0.05) is 0 Å². The highest BCUT2D eigenvalue weighted by atomic mass is 16.5. The molecule has 0 saturated carbocycles. The van der Waals surface area contributed by atoms with E-state index in [2.05, 4.69) is 10.00 Å². The van der Waals surface area contributed by atoms with Gasteiger partial charge in [0.2, 0.25) is 5.91 Å². The lowest BCUT2D eigenvalue weighted by molar-refractivity contribution is -0.133. The van der Waals surface area contributed by atoms with Gasteiger partial charge in [0.15, 0.2) is 23.1 Å². The van der Waals surface area contributed by atoms with E-state index >= 15 is 0 Å². The third-order valence-corrected chi connectivity index (χ3v) is 6.50. The van der Waals surface area contributed by atoms with Gasteiger partial charge in [0.1, 0.15) is 0 Å². The van der Waals surface area contributed by atoms with Crippen molar-refractivity contribution in [3.8, 4) is 11.5 Å². The monoisotopic (exact) mass is 441 g/mol. The molecule has 2 N–H and O–H groups in total. The van der Waals surface area contributed by atoms with Crippen molar-refractivity contribution < 1.29 is 19.1 Å². The maximum absolute atomic E-state index is 12.9. The Bertz CT molecular complexity index is 1010. The van der Waals surface area contributed by atoms with Gasteiger partial charge in [-0.2, -0.15) is 5.10 Å². The molecule has 1 fully saturated rings. The molecule has 1 saturated heterocycles. The van der Waals surface area contributed by atoms with Gasteiger partial charge >= 0.3 is 0 Å². The van der Waals surface area contributed by atoms with Crippen molar-refractivity contribution in [3.05, 3.63) is 35.0 Å². The van der Waals surface area contributed by atoms with Crippen LogP contribution < -0.4 is 15.2 Å². The van der Waals surface area contributed by atoms with Crippen LogP contribution in [-0.2, 0) is 24.8 Å². The molecule has 0 spiro atoms. The second-order valence-corrected chi connectivity index (χ2v) is 8.56. The van der Waals surface area contributed by atoms with Crippen LogP contribution in [0.3, 0.4) is 0 Å². The summed E-state index contributed by atoms with van der Waals surface area (Å²) in [6.07, 6.45) is 3.84. The highest BCUT2D eigenvalue weighted by Crippen LogP contribution is 2.33. The van der Waals surface area contributed by atoms with Crippen LogP contribution in [0.4, 0.5) is 5.82 Å². The number of nitrogens with two attached hydrogens (primary N) is 1. The molecular weight excluding hydrogens is 410 g/mol. The van der Waals surface area contributed by atoms with Crippen LogP contribution in [-0.4, -0.2) is 71.7 Å². The summed E-state index contributed by atoms with van der Waals surface area (Å²) >= 11 is 0. The minimum atomic E-state index is -0.116. The smallest absolute Gasteiger partial charge is 0.236 e. The van der Waals surface area contributed by atoms with Gasteiger partial charge in [-0.15, -0.1) is 0 Å². The highest BCUT2D eigenvalue weighted by molar-refractivity contribution is 6.01. The molecule has 2 aromatic rings. The second-order valence-electron chi connectivity index (χ2n) is 8.56. The first kappa shape index (κ1) is 22.1. The zero-order valence-electron chi connectivity index (χ0n) is 19.0. The summed E-state index contributed by atoms with van der Waals surface area (Å²) in [6, 6.07) is 4.04. The van der Waals surface area contributed by atoms with Crippen LogP contribution >= 0.6 is 0 Å². The Hall–Kier alpha value is -3.07. The Labute approximate surface area is 188 Å². The SMILES string of the molecule is COc1cc2c(cc1OC)CN(CC(=O)N1CCC(C(=O)c3cn(C)nc3N)CC1)CC2. The maximum atomic E-state index is 12.9. The first-order chi connectivity index (χ1) is 15.4. The molecule has 0 unspecified atom stereocenters. The number of ether oxygens (including phenoxy) is 2. The van der Waals surface area contributed by atoms with Crippen LogP contribution in [0.5, 0.6) is 11.5 Å². The normalized spacial score (nSPS) is 17.2. The Kier molecular flexibility index (Phi) is 6.36. The van der Waals surface area contributed by atoms with E-state index in [9.17, 15) is 9.59 Å². The molecule has 2 aliphatic rings. The average Bonchev–Trinajstić information content (AvgIpc) is 3.15. The quantitative estimate of drug-likeness (QED) is 0.678. The lowest BCUT2D eigenvalue weighted by atomic mass is 9.89. The Morgan fingerprint density at radius 2 is 1.75 bits per heavy atom. The number of Topliss-reactive ketones (excluding diaryl/α,β-unsaturated/α-hetero) is 1. The Morgan fingerprint density at radius 1 is 1.09 bits per heavy atom. The number of rotatable bonds is 6. The molecular formula is C23H31N5O4. The topological polar surface area (TPSA) is 103 Å². The summed E-state index contributed by atoms with van der Waals surface area (Å²) in [7, 11) is 5.02. The van der Waals surface area contributed by atoms with Crippen molar-refractivity contribution in [3.63, 3.8) is 0 Å². The van der Waals surface area contributed by atoms with Crippen molar-refractivity contribution in [2.75, 3.05) is 46.1 Å². The number of carbonyl (C=O) groups excluding carboxylic acids is 2. The third kappa shape index (κ3) is 4.43. The molecule has 0 radical (unpaired) electrons. The number of nitrogens with zero attached hydrogens (tertiary/aromatic N) is 4. The van der Waals surface area contributed by atoms with E-state index in [0.29, 0.717) is 50.3 Å². The minimum absolute atomic E-state index is 0.0275. The number of aryl methyl sites for hydroxylation is 1. The average molecular weight is 442 g/mol.